The summed E-state index contributed by atoms with van der Waals surface area (Å²) < 4.78 is 0. The van der Waals surface area contributed by atoms with Crippen LogP contribution in [-0.4, -0.2) is 5.78 Å². The van der Waals surface area contributed by atoms with Crippen molar-refractivity contribution in [1.82, 2.24) is 0 Å². The largest absolute Gasteiger partial charge is 0.294 e. The zero-order valence-electron chi connectivity index (χ0n) is 8.38. The van der Waals surface area contributed by atoms with Gasteiger partial charge in [0.05, 0.1) is 0 Å². The number of rotatable bonds is 4. The number of unbranched alkanes of at least 4 members (excludes halogenated alkanes) is 3. The minimum absolute atomic E-state index is 0.319. The zero-order valence-corrected chi connectivity index (χ0v) is 8.38. The molecule has 1 aliphatic rings. The summed E-state index contributed by atoms with van der Waals surface area (Å²) in [6.45, 7) is 2.19. The highest BCUT2D eigenvalue weighted by Crippen LogP contribution is 2.14. The highest BCUT2D eigenvalue weighted by atomic mass is 16.1. The first-order valence-electron chi connectivity index (χ1n) is 5.24. The third-order valence-electron chi connectivity index (χ3n) is 2.33. The lowest BCUT2D eigenvalue weighted by atomic mass is 9.99. The van der Waals surface area contributed by atoms with Crippen LogP contribution in [0.1, 0.15) is 45.4 Å². The first-order chi connectivity index (χ1) is 6.34. The predicted molar refractivity (Wildman–Crippen MR) is 55.6 cm³/mol. The molecule has 0 atom stereocenters. The van der Waals surface area contributed by atoms with Gasteiger partial charge in [-0.3, -0.25) is 4.79 Å². The second-order valence-electron chi connectivity index (χ2n) is 3.52. The molecule has 1 rings (SSSR count). The monoisotopic (exact) mass is 178 g/mol. The molecule has 0 aromatic rings. The Balaban J connectivity index is 2.35. The van der Waals surface area contributed by atoms with E-state index in [1.54, 1.807) is 0 Å². The van der Waals surface area contributed by atoms with Crippen molar-refractivity contribution in [2.45, 2.75) is 45.4 Å². The van der Waals surface area contributed by atoms with Crippen molar-refractivity contribution in [2.24, 2.45) is 0 Å². The lowest BCUT2D eigenvalue weighted by Gasteiger charge is -2.05. The van der Waals surface area contributed by atoms with E-state index in [0.717, 1.165) is 18.4 Å². The molecule has 0 amide bonds. The van der Waals surface area contributed by atoms with E-state index in [1.165, 1.54) is 19.3 Å². The molecular formula is C12H18O. The minimum atomic E-state index is 0.319. The number of allylic oxidation sites excluding steroid dienone is 4. The van der Waals surface area contributed by atoms with Gasteiger partial charge in [-0.05, 0) is 19.3 Å². The van der Waals surface area contributed by atoms with Gasteiger partial charge >= 0.3 is 0 Å². The molecule has 0 saturated carbocycles. The summed E-state index contributed by atoms with van der Waals surface area (Å²) in [6, 6.07) is 0. The molecule has 0 aliphatic heterocycles. The van der Waals surface area contributed by atoms with Gasteiger partial charge in [0.2, 0.25) is 0 Å². The van der Waals surface area contributed by atoms with Crippen molar-refractivity contribution in [1.29, 1.82) is 0 Å². The maximum Gasteiger partial charge on any atom is 0.162 e. The van der Waals surface area contributed by atoms with Crippen LogP contribution in [0.4, 0.5) is 0 Å². The second-order valence-corrected chi connectivity index (χ2v) is 3.52. The Labute approximate surface area is 80.5 Å². The van der Waals surface area contributed by atoms with Crippen LogP contribution >= 0.6 is 0 Å². The Hall–Kier alpha value is -0.850. The Morgan fingerprint density at radius 3 is 3.00 bits per heavy atom. The highest BCUT2D eigenvalue weighted by molar-refractivity contribution is 5.98. The van der Waals surface area contributed by atoms with Gasteiger partial charge in [-0.2, -0.15) is 0 Å². The lowest BCUT2D eigenvalue weighted by Crippen LogP contribution is -2.03. The smallest absolute Gasteiger partial charge is 0.162 e. The SMILES string of the molecule is CCCCCC=C1C=CCCC1=O. The molecule has 0 aromatic heterocycles. The number of hydrogen-bond acceptors (Lipinski definition) is 1. The predicted octanol–water partition coefficient (Wildman–Crippen LogP) is 3.41. The Bertz CT molecular complexity index is 223. The second kappa shape index (κ2) is 5.74. The van der Waals surface area contributed by atoms with E-state index in [0.29, 0.717) is 12.2 Å². The van der Waals surface area contributed by atoms with Crippen molar-refractivity contribution < 1.29 is 4.79 Å². The fourth-order valence-electron chi connectivity index (χ4n) is 1.50. The van der Waals surface area contributed by atoms with Crippen LogP contribution in [0.3, 0.4) is 0 Å². The molecule has 0 unspecified atom stereocenters. The van der Waals surface area contributed by atoms with E-state index in [4.69, 9.17) is 0 Å². The number of carbonyl (C=O) groups is 1. The summed E-state index contributed by atoms with van der Waals surface area (Å²) in [7, 11) is 0. The number of ketones is 1. The van der Waals surface area contributed by atoms with Gasteiger partial charge in [-0.1, -0.05) is 38.0 Å². The van der Waals surface area contributed by atoms with Crippen molar-refractivity contribution in [3.05, 3.63) is 23.8 Å². The highest BCUT2D eigenvalue weighted by Gasteiger charge is 2.08. The van der Waals surface area contributed by atoms with E-state index >= 15 is 0 Å². The molecule has 1 nitrogen and oxygen atoms in total. The van der Waals surface area contributed by atoms with E-state index in [9.17, 15) is 4.79 Å². The van der Waals surface area contributed by atoms with Crippen LogP contribution in [0.25, 0.3) is 0 Å². The molecule has 0 N–H and O–H groups in total. The van der Waals surface area contributed by atoms with Gasteiger partial charge in [0.1, 0.15) is 0 Å². The number of hydrogen-bond donors (Lipinski definition) is 0. The maximum absolute atomic E-state index is 11.3. The van der Waals surface area contributed by atoms with Crippen LogP contribution in [0.5, 0.6) is 0 Å². The maximum atomic E-state index is 11.3. The van der Waals surface area contributed by atoms with Crippen molar-refractivity contribution in [2.75, 3.05) is 0 Å². The summed E-state index contributed by atoms with van der Waals surface area (Å²) in [5.74, 6) is 0.319. The fraction of sp³-hybridized carbons (Fsp3) is 0.583. The van der Waals surface area contributed by atoms with E-state index in [1.807, 2.05) is 6.08 Å². The molecule has 72 valence electrons. The summed E-state index contributed by atoms with van der Waals surface area (Å²) in [5, 5.41) is 0. The minimum Gasteiger partial charge on any atom is -0.294 e. The molecule has 0 heterocycles. The van der Waals surface area contributed by atoms with Crippen LogP contribution < -0.4 is 0 Å². The molecule has 1 aliphatic carbocycles. The summed E-state index contributed by atoms with van der Waals surface area (Å²) in [6.07, 6.45) is 12.6. The van der Waals surface area contributed by atoms with Gasteiger partial charge < -0.3 is 0 Å². The van der Waals surface area contributed by atoms with E-state index in [2.05, 4.69) is 19.1 Å². The normalized spacial score (nSPS) is 19.8. The lowest BCUT2D eigenvalue weighted by molar-refractivity contribution is -0.115. The van der Waals surface area contributed by atoms with E-state index in [-0.39, 0.29) is 0 Å². The molecule has 0 aromatic carbocycles. The molecule has 0 fully saturated rings. The summed E-state index contributed by atoms with van der Waals surface area (Å²) >= 11 is 0. The molecule has 0 saturated heterocycles. The van der Waals surface area contributed by atoms with Gasteiger partial charge in [-0.25, -0.2) is 0 Å². The van der Waals surface area contributed by atoms with Crippen LogP contribution in [0, 0.1) is 0 Å². The molecular weight excluding hydrogens is 160 g/mol. The Kier molecular flexibility index (Phi) is 4.52. The van der Waals surface area contributed by atoms with Gasteiger partial charge in [0.25, 0.3) is 0 Å². The number of Topliss-reactive ketones (excluding diaryl/α,β-unsaturated/α-hetero) is 1. The van der Waals surface area contributed by atoms with Gasteiger partial charge in [-0.15, -0.1) is 0 Å². The van der Waals surface area contributed by atoms with Gasteiger partial charge in [0, 0.05) is 12.0 Å². The topological polar surface area (TPSA) is 17.1 Å². The van der Waals surface area contributed by atoms with Crippen LogP contribution in [0.15, 0.2) is 23.8 Å². The molecule has 13 heavy (non-hydrogen) atoms. The molecule has 0 bridgehead atoms. The van der Waals surface area contributed by atoms with E-state index < -0.39 is 0 Å². The summed E-state index contributed by atoms with van der Waals surface area (Å²) in [5.41, 5.74) is 0.933. The first kappa shape index (κ1) is 10.2. The third kappa shape index (κ3) is 3.58. The molecule has 1 heteroatoms. The van der Waals surface area contributed by atoms with Crippen molar-refractivity contribution in [3.8, 4) is 0 Å². The zero-order chi connectivity index (χ0) is 9.52. The van der Waals surface area contributed by atoms with Crippen LogP contribution in [0.2, 0.25) is 0 Å². The van der Waals surface area contributed by atoms with Crippen LogP contribution in [-0.2, 0) is 4.79 Å². The van der Waals surface area contributed by atoms with Crippen molar-refractivity contribution >= 4 is 5.78 Å². The van der Waals surface area contributed by atoms with Gasteiger partial charge in [0.15, 0.2) is 5.78 Å². The standard InChI is InChI=1S/C12H18O/c1-2-3-4-5-8-11-9-6-7-10-12(11)13/h6,8-9H,2-5,7,10H2,1H3. The Morgan fingerprint density at radius 1 is 1.46 bits per heavy atom. The van der Waals surface area contributed by atoms with Crippen molar-refractivity contribution in [3.63, 3.8) is 0 Å². The summed E-state index contributed by atoms with van der Waals surface area (Å²) in [4.78, 5) is 11.3. The Morgan fingerprint density at radius 2 is 2.31 bits per heavy atom. The average molecular weight is 178 g/mol. The third-order valence-corrected chi connectivity index (χ3v) is 2.33. The first-order valence-corrected chi connectivity index (χ1v) is 5.24. The number of carbonyl (C=O) groups excluding carboxylic acids is 1. The average Bonchev–Trinajstić information content (AvgIpc) is 2.15. The molecule has 0 spiro atoms. The molecule has 0 radical (unpaired) electrons. The quantitative estimate of drug-likeness (QED) is 0.476. The fourth-order valence-corrected chi connectivity index (χ4v) is 1.50.